The Morgan fingerprint density at radius 2 is 1.79 bits per heavy atom. The Hall–Kier alpha value is -3.13. The third-order valence-electron chi connectivity index (χ3n) is 4.68. The van der Waals surface area contributed by atoms with Crippen LogP contribution in [0, 0.1) is 0 Å². The largest absolute Gasteiger partial charge is 0.497 e. The van der Waals surface area contributed by atoms with Gasteiger partial charge in [0.05, 0.1) is 17.3 Å². The minimum atomic E-state index is -0.187. The van der Waals surface area contributed by atoms with Gasteiger partial charge in [0, 0.05) is 31.7 Å². The van der Waals surface area contributed by atoms with Crippen LogP contribution in [0.15, 0.2) is 48.5 Å². The van der Waals surface area contributed by atoms with Crippen LogP contribution in [0.25, 0.3) is 10.2 Å². The molecule has 7 nitrogen and oxygen atoms in total. The lowest BCUT2D eigenvalue weighted by atomic mass is 10.1. The van der Waals surface area contributed by atoms with E-state index in [1.807, 2.05) is 24.3 Å². The quantitative estimate of drug-likeness (QED) is 0.737. The summed E-state index contributed by atoms with van der Waals surface area (Å²) in [5, 5.41) is 3.45. The molecule has 0 spiro atoms. The minimum Gasteiger partial charge on any atom is -0.497 e. The van der Waals surface area contributed by atoms with Crippen molar-refractivity contribution < 1.29 is 14.3 Å². The summed E-state index contributed by atoms with van der Waals surface area (Å²) in [5.41, 5.74) is 1.46. The Morgan fingerprint density at radius 1 is 1.04 bits per heavy atom. The molecule has 0 saturated carbocycles. The van der Waals surface area contributed by atoms with E-state index in [9.17, 15) is 9.59 Å². The molecule has 144 valence electrons. The Balaban J connectivity index is 1.35. The van der Waals surface area contributed by atoms with Crippen LogP contribution in [-0.2, 0) is 0 Å². The van der Waals surface area contributed by atoms with E-state index in [-0.39, 0.29) is 11.9 Å². The molecule has 8 heteroatoms. The molecule has 1 aliphatic heterocycles. The third-order valence-corrected chi connectivity index (χ3v) is 5.63. The summed E-state index contributed by atoms with van der Waals surface area (Å²) >= 11 is 1.45. The molecule has 1 saturated heterocycles. The van der Waals surface area contributed by atoms with Gasteiger partial charge in [-0.15, -0.1) is 0 Å². The molecule has 1 aromatic heterocycles. The second-order valence-corrected chi connectivity index (χ2v) is 7.46. The smallest absolute Gasteiger partial charge is 0.323 e. The maximum absolute atomic E-state index is 12.7. The Kier molecular flexibility index (Phi) is 5.12. The fourth-order valence-corrected chi connectivity index (χ4v) is 4.00. The van der Waals surface area contributed by atoms with Crippen molar-refractivity contribution in [3.05, 3.63) is 54.1 Å². The van der Waals surface area contributed by atoms with Gasteiger partial charge in [0.25, 0.3) is 5.91 Å². The maximum atomic E-state index is 12.7. The number of aromatic nitrogens is 1. The molecule has 0 unspecified atom stereocenters. The highest BCUT2D eigenvalue weighted by Crippen LogP contribution is 2.25. The summed E-state index contributed by atoms with van der Waals surface area (Å²) < 4.78 is 6.22. The first-order chi connectivity index (χ1) is 13.6. The number of ether oxygens (including phenoxy) is 1. The van der Waals surface area contributed by atoms with Gasteiger partial charge in [-0.3, -0.25) is 10.1 Å². The topological polar surface area (TPSA) is 74.8 Å². The number of nitrogens with zero attached hydrogens (tertiary/aromatic N) is 3. The fourth-order valence-electron chi connectivity index (χ4n) is 3.15. The molecule has 3 aromatic rings. The average molecular weight is 396 g/mol. The van der Waals surface area contributed by atoms with E-state index in [4.69, 9.17) is 4.74 Å². The molecular weight excluding hydrogens is 376 g/mol. The van der Waals surface area contributed by atoms with Crippen molar-refractivity contribution in [1.82, 2.24) is 14.8 Å². The summed E-state index contributed by atoms with van der Waals surface area (Å²) in [7, 11) is 1.58. The van der Waals surface area contributed by atoms with Crippen molar-refractivity contribution >= 4 is 38.6 Å². The second kappa shape index (κ2) is 7.85. The lowest BCUT2D eigenvalue weighted by Crippen LogP contribution is -2.51. The summed E-state index contributed by atoms with van der Waals surface area (Å²) in [6, 6.07) is 14.7. The van der Waals surface area contributed by atoms with Gasteiger partial charge in [-0.25, -0.2) is 9.78 Å². The summed E-state index contributed by atoms with van der Waals surface area (Å²) in [5.74, 6) is 0.602. The number of hydrogen-bond acceptors (Lipinski definition) is 5. The van der Waals surface area contributed by atoms with E-state index < -0.39 is 0 Å². The number of para-hydroxylation sites is 1. The summed E-state index contributed by atoms with van der Waals surface area (Å²) in [4.78, 5) is 33.1. The molecule has 1 N–H and O–H groups in total. The molecular formula is C20H20N4O3S. The number of carbonyl (C=O) groups is 2. The highest BCUT2D eigenvalue weighted by Gasteiger charge is 2.25. The lowest BCUT2D eigenvalue weighted by molar-refractivity contribution is 0.0671. The van der Waals surface area contributed by atoms with Crippen molar-refractivity contribution in [3.8, 4) is 5.75 Å². The minimum absolute atomic E-state index is 0.0508. The van der Waals surface area contributed by atoms with Crippen LogP contribution in [0.2, 0.25) is 0 Å². The summed E-state index contributed by atoms with van der Waals surface area (Å²) in [6.07, 6.45) is 0. The fraction of sp³-hybridized carbons (Fsp3) is 0.250. The van der Waals surface area contributed by atoms with Crippen LogP contribution in [0.1, 0.15) is 10.4 Å². The van der Waals surface area contributed by atoms with Gasteiger partial charge >= 0.3 is 6.03 Å². The molecule has 1 aliphatic rings. The number of thiazole rings is 1. The number of benzene rings is 2. The van der Waals surface area contributed by atoms with E-state index >= 15 is 0 Å². The van der Waals surface area contributed by atoms with Gasteiger partial charge in [0.1, 0.15) is 5.75 Å². The molecule has 28 heavy (non-hydrogen) atoms. The summed E-state index contributed by atoms with van der Waals surface area (Å²) in [6.45, 7) is 1.94. The van der Waals surface area contributed by atoms with Crippen LogP contribution >= 0.6 is 11.3 Å². The molecule has 0 radical (unpaired) electrons. The SMILES string of the molecule is COc1cccc(C(=O)N2CCN(C(=O)Nc3nc4ccccc4s3)CC2)c1. The zero-order valence-electron chi connectivity index (χ0n) is 15.4. The van der Waals surface area contributed by atoms with Crippen molar-refractivity contribution in [3.63, 3.8) is 0 Å². The van der Waals surface area contributed by atoms with E-state index in [0.717, 1.165) is 10.2 Å². The number of anilines is 1. The standard InChI is InChI=1S/C20H20N4O3S/c1-27-15-6-4-5-14(13-15)18(25)23-9-11-24(12-10-23)20(26)22-19-21-16-7-2-3-8-17(16)28-19/h2-8,13H,9-12H2,1H3,(H,21,22,26). The Morgan fingerprint density at radius 3 is 2.54 bits per heavy atom. The van der Waals surface area contributed by atoms with Crippen LogP contribution in [-0.4, -0.2) is 60.0 Å². The Bertz CT molecular complexity index is 978. The molecule has 2 aromatic carbocycles. The number of fused-ring (bicyclic) bond motifs is 1. The number of urea groups is 1. The molecule has 4 rings (SSSR count). The predicted molar refractivity (Wildman–Crippen MR) is 109 cm³/mol. The van der Waals surface area contributed by atoms with E-state index in [0.29, 0.717) is 42.6 Å². The number of carbonyl (C=O) groups excluding carboxylic acids is 2. The van der Waals surface area contributed by atoms with E-state index in [2.05, 4.69) is 10.3 Å². The second-order valence-electron chi connectivity index (χ2n) is 6.43. The van der Waals surface area contributed by atoms with E-state index in [1.165, 1.54) is 11.3 Å². The normalized spacial score (nSPS) is 14.2. The average Bonchev–Trinajstić information content (AvgIpc) is 3.15. The molecule has 0 aliphatic carbocycles. The number of hydrogen-bond donors (Lipinski definition) is 1. The monoisotopic (exact) mass is 396 g/mol. The first-order valence-electron chi connectivity index (χ1n) is 8.99. The Labute approximate surface area is 166 Å². The maximum Gasteiger partial charge on any atom is 0.323 e. The molecule has 3 amide bonds. The van der Waals surface area contributed by atoms with Gasteiger partial charge in [0.2, 0.25) is 0 Å². The lowest BCUT2D eigenvalue weighted by Gasteiger charge is -2.34. The van der Waals surface area contributed by atoms with E-state index in [1.54, 1.807) is 41.2 Å². The number of methoxy groups -OCH3 is 1. The van der Waals surface area contributed by atoms with Gasteiger partial charge in [-0.2, -0.15) is 0 Å². The molecule has 2 heterocycles. The highest BCUT2D eigenvalue weighted by atomic mass is 32.1. The molecule has 0 atom stereocenters. The number of amides is 3. The van der Waals surface area contributed by atoms with Crippen molar-refractivity contribution in [2.24, 2.45) is 0 Å². The van der Waals surface area contributed by atoms with Crippen molar-refractivity contribution in [2.75, 3.05) is 38.6 Å². The van der Waals surface area contributed by atoms with Gasteiger partial charge in [-0.1, -0.05) is 29.5 Å². The van der Waals surface area contributed by atoms with Crippen LogP contribution < -0.4 is 10.1 Å². The third kappa shape index (κ3) is 3.77. The number of piperazine rings is 1. The zero-order valence-corrected chi connectivity index (χ0v) is 16.2. The van der Waals surface area contributed by atoms with Gasteiger partial charge in [-0.05, 0) is 30.3 Å². The van der Waals surface area contributed by atoms with Crippen molar-refractivity contribution in [2.45, 2.75) is 0 Å². The first kappa shape index (κ1) is 18.2. The van der Waals surface area contributed by atoms with Crippen LogP contribution in [0.5, 0.6) is 5.75 Å². The molecule has 0 bridgehead atoms. The van der Waals surface area contributed by atoms with Crippen LogP contribution in [0.4, 0.5) is 9.93 Å². The first-order valence-corrected chi connectivity index (χ1v) is 9.80. The number of rotatable bonds is 3. The van der Waals surface area contributed by atoms with Gasteiger partial charge in [0.15, 0.2) is 5.13 Å². The number of nitrogens with one attached hydrogen (secondary N) is 1. The zero-order chi connectivity index (χ0) is 19.5. The highest BCUT2D eigenvalue weighted by molar-refractivity contribution is 7.22. The van der Waals surface area contributed by atoms with Gasteiger partial charge < -0.3 is 14.5 Å². The van der Waals surface area contributed by atoms with Crippen molar-refractivity contribution in [1.29, 1.82) is 0 Å². The molecule has 1 fully saturated rings. The van der Waals surface area contributed by atoms with Crippen LogP contribution in [0.3, 0.4) is 0 Å². The predicted octanol–water partition coefficient (Wildman–Crippen LogP) is 3.29.